The quantitative estimate of drug-likeness (QED) is 0.784. The molecule has 0 aliphatic rings. The zero-order valence-electron chi connectivity index (χ0n) is 10.6. The molecule has 1 aromatic carbocycles. The number of hydrogen-bond acceptors (Lipinski definition) is 2. The Balaban J connectivity index is 2.68. The van der Waals surface area contributed by atoms with Crippen molar-refractivity contribution in [3.05, 3.63) is 39.7 Å². The van der Waals surface area contributed by atoms with Crippen LogP contribution in [0.4, 0.5) is 0 Å². The number of aromatic nitrogens is 1. The lowest BCUT2D eigenvalue weighted by Crippen LogP contribution is -1.91. The summed E-state index contributed by atoms with van der Waals surface area (Å²) in [5.41, 5.74) is 5.37. The van der Waals surface area contributed by atoms with E-state index in [1.807, 2.05) is 19.9 Å². The first-order chi connectivity index (χ1) is 8.04. The van der Waals surface area contributed by atoms with Crippen LogP contribution in [0.2, 0.25) is 5.02 Å². The summed E-state index contributed by atoms with van der Waals surface area (Å²) < 4.78 is 5.21. The van der Waals surface area contributed by atoms with Gasteiger partial charge in [-0.25, -0.2) is 0 Å². The third kappa shape index (κ3) is 2.09. The molecule has 0 spiro atoms. The second kappa shape index (κ2) is 4.53. The minimum atomic E-state index is 0.774. The molecule has 0 radical (unpaired) electrons. The van der Waals surface area contributed by atoms with Crippen molar-refractivity contribution in [2.75, 3.05) is 0 Å². The van der Waals surface area contributed by atoms with Crippen LogP contribution in [0, 0.1) is 20.8 Å². The summed E-state index contributed by atoms with van der Waals surface area (Å²) in [6.45, 7) is 8.06. The molecule has 0 atom stereocenters. The van der Waals surface area contributed by atoms with Crippen LogP contribution in [-0.2, 0) is 6.42 Å². The third-order valence-electron chi connectivity index (χ3n) is 3.04. The van der Waals surface area contributed by atoms with Gasteiger partial charge < -0.3 is 4.52 Å². The maximum absolute atomic E-state index is 6.38. The molecule has 0 saturated carbocycles. The molecule has 0 aliphatic carbocycles. The fourth-order valence-electron chi connectivity index (χ4n) is 2.18. The molecular weight excluding hydrogens is 234 g/mol. The number of nitrogens with zero attached hydrogens (tertiary/aromatic N) is 1. The van der Waals surface area contributed by atoms with Crippen molar-refractivity contribution < 1.29 is 4.52 Å². The van der Waals surface area contributed by atoms with E-state index in [-0.39, 0.29) is 0 Å². The van der Waals surface area contributed by atoms with Gasteiger partial charge in [-0.3, -0.25) is 0 Å². The Morgan fingerprint density at radius 3 is 2.35 bits per heavy atom. The Bertz CT molecular complexity index is 515. The summed E-state index contributed by atoms with van der Waals surface area (Å²) >= 11 is 6.38. The molecule has 0 amide bonds. The maximum Gasteiger partial charge on any atom is 0.141 e. The third-order valence-corrected chi connectivity index (χ3v) is 3.34. The predicted molar refractivity (Wildman–Crippen MR) is 70.5 cm³/mol. The lowest BCUT2D eigenvalue weighted by atomic mass is 9.96. The van der Waals surface area contributed by atoms with Crippen LogP contribution in [0.1, 0.15) is 29.5 Å². The SMILES string of the molecule is CCc1cc(C)c(-c2c(C)noc2C)c(Cl)c1. The van der Waals surface area contributed by atoms with E-state index in [1.165, 1.54) is 11.1 Å². The topological polar surface area (TPSA) is 26.0 Å². The summed E-state index contributed by atoms with van der Waals surface area (Å²) in [4.78, 5) is 0. The number of benzene rings is 1. The van der Waals surface area contributed by atoms with Gasteiger partial charge in [-0.2, -0.15) is 0 Å². The average Bonchev–Trinajstić information content (AvgIpc) is 2.59. The molecule has 0 fully saturated rings. The summed E-state index contributed by atoms with van der Waals surface area (Å²) in [6, 6.07) is 4.20. The average molecular weight is 250 g/mol. The lowest BCUT2D eigenvalue weighted by Gasteiger charge is -2.10. The zero-order valence-corrected chi connectivity index (χ0v) is 11.4. The van der Waals surface area contributed by atoms with Gasteiger partial charge in [0.05, 0.1) is 5.69 Å². The van der Waals surface area contributed by atoms with Crippen LogP contribution >= 0.6 is 11.6 Å². The van der Waals surface area contributed by atoms with E-state index in [9.17, 15) is 0 Å². The molecule has 2 rings (SSSR count). The van der Waals surface area contributed by atoms with Crippen molar-refractivity contribution in [2.45, 2.75) is 34.1 Å². The maximum atomic E-state index is 6.38. The molecule has 2 nitrogen and oxygen atoms in total. The van der Waals surface area contributed by atoms with Gasteiger partial charge in [-0.05, 0) is 44.4 Å². The molecule has 0 N–H and O–H groups in total. The molecular formula is C14H16ClNO. The second-order valence-electron chi connectivity index (χ2n) is 4.32. The van der Waals surface area contributed by atoms with Gasteiger partial charge in [-0.15, -0.1) is 0 Å². The van der Waals surface area contributed by atoms with Gasteiger partial charge in [0.15, 0.2) is 0 Å². The Morgan fingerprint density at radius 2 is 1.88 bits per heavy atom. The number of aryl methyl sites for hydroxylation is 4. The Kier molecular flexibility index (Phi) is 3.25. The van der Waals surface area contributed by atoms with Crippen LogP contribution in [-0.4, -0.2) is 5.16 Å². The smallest absolute Gasteiger partial charge is 0.141 e. The minimum absolute atomic E-state index is 0.774. The second-order valence-corrected chi connectivity index (χ2v) is 4.73. The largest absolute Gasteiger partial charge is 0.361 e. The number of rotatable bonds is 2. The van der Waals surface area contributed by atoms with Gasteiger partial charge in [0, 0.05) is 16.1 Å². The Labute approximate surface area is 107 Å². The molecule has 1 aromatic heterocycles. The van der Waals surface area contributed by atoms with E-state index < -0.39 is 0 Å². The summed E-state index contributed by atoms with van der Waals surface area (Å²) in [6.07, 6.45) is 0.989. The normalized spacial score (nSPS) is 10.9. The molecule has 0 aliphatic heterocycles. The van der Waals surface area contributed by atoms with Crippen molar-refractivity contribution in [1.29, 1.82) is 0 Å². The molecule has 90 valence electrons. The van der Waals surface area contributed by atoms with Crippen LogP contribution in [0.25, 0.3) is 11.1 Å². The first kappa shape index (κ1) is 12.2. The van der Waals surface area contributed by atoms with Crippen molar-refractivity contribution >= 4 is 11.6 Å². The first-order valence-corrected chi connectivity index (χ1v) is 6.14. The molecule has 3 heteroatoms. The molecule has 17 heavy (non-hydrogen) atoms. The molecule has 0 saturated heterocycles. The highest BCUT2D eigenvalue weighted by Gasteiger charge is 2.17. The van der Waals surface area contributed by atoms with Gasteiger partial charge in [0.2, 0.25) is 0 Å². The van der Waals surface area contributed by atoms with E-state index in [2.05, 4.69) is 25.1 Å². The molecule has 2 aromatic rings. The van der Waals surface area contributed by atoms with E-state index in [4.69, 9.17) is 16.1 Å². The highest BCUT2D eigenvalue weighted by molar-refractivity contribution is 6.33. The van der Waals surface area contributed by atoms with Crippen LogP contribution in [0.5, 0.6) is 0 Å². The van der Waals surface area contributed by atoms with E-state index in [0.717, 1.165) is 34.0 Å². The predicted octanol–water partition coefficient (Wildman–Crippen LogP) is 4.48. The van der Waals surface area contributed by atoms with Crippen molar-refractivity contribution in [2.24, 2.45) is 0 Å². The molecule has 0 bridgehead atoms. The van der Waals surface area contributed by atoms with E-state index in [0.29, 0.717) is 0 Å². The lowest BCUT2D eigenvalue weighted by molar-refractivity contribution is 0.393. The number of hydrogen-bond donors (Lipinski definition) is 0. The highest BCUT2D eigenvalue weighted by atomic mass is 35.5. The van der Waals surface area contributed by atoms with Gasteiger partial charge in [-0.1, -0.05) is 29.7 Å². The molecule has 0 unspecified atom stereocenters. The van der Waals surface area contributed by atoms with E-state index >= 15 is 0 Å². The van der Waals surface area contributed by atoms with Gasteiger partial charge in [0.25, 0.3) is 0 Å². The van der Waals surface area contributed by atoms with Gasteiger partial charge >= 0.3 is 0 Å². The van der Waals surface area contributed by atoms with E-state index in [1.54, 1.807) is 0 Å². The summed E-state index contributed by atoms with van der Waals surface area (Å²) in [7, 11) is 0. The monoisotopic (exact) mass is 249 g/mol. The standard InChI is InChI=1S/C14H16ClNO/c1-5-11-6-8(2)13(12(15)7-11)14-9(3)16-17-10(14)4/h6-7H,5H2,1-4H3. The van der Waals surface area contributed by atoms with Crippen molar-refractivity contribution in [1.82, 2.24) is 5.16 Å². The zero-order chi connectivity index (χ0) is 12.6. The highest BCUT2D eigenvalue weighted by Crippen LogP contribution is 2.36. The minimum Gasteiger partial charge on any atom is -0.361 e. The fourth-order valence-corrected chi connectivity index (χ4v) is 2.56. The first-order valence-electron chi connectivity index (χ1n) is 5.76. The molecule has 1 heterocycles. The van der Waals surface area contributed by atoms with Crippen molar-refractivity contribution in [3.8, 4) is 11.1 Å². The number of halogens is 1. The summed E-state index contributed by atoms with van der Waals surface area (Å²) in [5, 5.41) is 4.76. The van der Waals surface area contributed by atoms with Gasteiger partial charge in [0.1, 0.15) is 5.76 Å². The van der Waals surface area contributed by atoms with Crippen molar-refractivity contribution in [3.63, 3.8) is 0 Å². The van der Waals surface area contributed by atoms with Crippen LogP contribution in [0.15, 0.2) is 16.7 Å². The summed E-state index contributed by atoms with van der Waals surface area (Å²) in [5.74, 6) is 0.816. The fraction of sp³-hybridized carbons (Fsp3) is 0.357. The van der Waals surface area contributed by atoms with Crippen LogP contribution < -0.4 is 0 Å². The Hall–Kier alpha value is -1.28. The Morgan fingerprint density at radius 1 is 1.18 bits per heavy atom. The van der Waals surface area contributed by atoms with Crippen LogP contribution in [0.3, 0.4) is 0 Å².